The summed E-state index contributed by atoms with van der Waals surface area (Å²) in [4.78, 5) is 12.1. The lowest BCUT2D eigenvalue weighted by Crippen LogP contribution is -2.11. The summed E-state index contributed by atoms with van der Waals surface area (Å²) in [6.45, 7) is 4.91. The highest BCUT2D eigenvalue weighted by molar-refractivity contribution is 5.70. The van der Waals surface area contributed by atoms with Crippen molar-refractivity contribution in [3.8, 4) is 5.75 Å². The van der Waals surface area contributed by atoms with Gasteiger partial charge < -0.3 is 9.84 Å². The van der Waals surface area contributed by atoms with Crippen molar-refractivity contribution in [3.05, 3.63) is 29.8 Å². The molecule has 0 saturated carbocycles. The fraction of sp³-hybridized carbons (Fsp3) is 0.667. The maximum Gasteiger partial charge on any atom is 0.306 e. The fourth-order valence-corrected chi connectivity index (χ4v) is 2.91. The Balaban J connectivity index is 2.34. The number of aromatic hydroxyl groups is 1. The van der Waals surface area contributed by atoms with Crippen molar-refractivity contribution in [3.63, 3.8) is 0 Å². The molecule has 0 fully saturated rings. The van der Waals surface area contributed by atoms with Crippen LogP contribution in [-0.4, -0.2) is 17.7 Å². The molecule has 0 saturated heterocycles. The van der Waals surface area contributed by atoms with Crippen LogP contribution in [0.2, 0.25) is 0 Å². The minimum Gasteiger partial charge on any atom is -0.508 e. The van der Waals surface area contributed by atoms with Crippen molar-refractivity contribution in [2.75, 3.05) is 6.61 Å². The third-order valence-electron chi connectivity index (χ3n) is 4.44. The molecule has 0 spiro atoms. The van der Waals surface area contributed by atoms with Gasteiger partial charge in [-0.3, -0.25) is 4.79 Å². The summed E-state index contributed by atoms with van der Waals surface area (Å²) in [6, 6.07) is 7.21. The number of unbranched alkanes of at least 4 members (excludes halogenated alkanes) is 6. The highest BCUT2D eigenvalue weighted by Crippen LogP contribution is 2.27. The predicted molar refractivity (Wildman–Crippen MR) is 99.3 cm³/mol. The first-order valence-electron chi connectivity index (χ1n) is 9.61. The molecule has 1 aromatic rings. The van der Waals surface area contributed by atoms with Gasteiger partial charge in [0.15, 0.2) is 0 Å². The van der Waals surface area contributed by atoms with Crippen LogP contribution in [0.15, 0.2) is 24.3 Å². The van der Waals surface area contributed by atoms with Gasteiger partial charge in [0, 0.05) is 0 Å². The predicted octanol–water partition coefficient (Wildman–Crippen LogP) is 5.96. The molecule has 0 radical (unpaired) electrons. The molecule has 0 bridgehead atoms. The highest BCUT2D eigenvalue weighted by Gasteiger charge is 2.16. The molecule has 3 nitrogen and oxygen atoms in total. The molecule has 3 heteroatoms. The summed E-state index contributed by atoms with van der Waals surface area (Å²) in [5.41, 5.74) is 1.11. The Bertz CT molecular complexity index is 439. The van der Waals surface area contributed by atoms with Gasteiger partial charge in [-0.25, -0.2) is 0 Å². The molecule has 136 valence electrons. The molecule has 1 unspecified atom stereocenters. The average molecular weight is 334 g/mol. The van der Waals surface area contributed by atoms with Gasteiger partial charge in [0.1, 0.15) is 5.75 Å². The van der Waals surface area contributed by atoms with E-state index < -0.39 is 0 Å². The SMILES string of the molecule is CCCCCCCCOC(=O)CC(CCCC)c1ccc(O)cc1. The minimum absolute atomic E-state index is 0.0993. The molecule has 1 atom stereocenters. The molecule has 0 aliphatic heterocycles. The summed E-state index contributed by atoms with van der Waals surface area (Å²) < 4.78 is 5.42. The number of benzene rings is 1. The summed E-state index contributed by atoms with van der Waals surface area (Å²) in [5.74, 6) is 0.346. The number of carbonyl (C=O) groups excluding carboxylic acids is 1. The number of phenols is 1. The Morgan fingerprint density at radius 1 is 0.958 bits per heavy atom. The second-order valence-corrected chi connectivity index (χ2v) is 6.62. The molecular weight excluding hydrogens is 300 g/mol. The lowest BCUT2D eigenvalue weighted by molar-refractivity contribution is -0.144. The van der Waals surface area contributed by atoms with Crippen LogP contribution >= 0.6 is 0 Å². The van der Waals surface area contributed by atoms with Gasteiger partial charge in [0.25, 0.3) is 0 Å². The topological polar surface area (TPSA) is 46.5 Å². The molecule has 0 heterocycles. The summed E-state index contributed by atoms with van der Waals surface area (Å²) in [6.07, 6.45) is 10.8. The first kappa shape index (κ1) is 20.5. The van der Waals surface area contributed by atoms with Crippen LogP contribution in [0.5, 0.6) is 5.75 Å². The van der Waals surface area contributed by atoms with Gasteiger partial charge in [0.05, 0.1) is 13.0 Å². The number of rotatable bonds is 13. The van der Waals surface area contributed by atoms with E-state index in [1.54, 1.807) is 12.1 Å². The van der Waals surface area contributed by atoms with Crippen LogP contribution < -0.4 is 0 Å². The molecule has 24 heavy (non-hydrogen) atoms. The summed E-state index contributed by atoms with van der Waals surface area (Å²) in [5, 5.41) is 9.43. The van der Waals surface area contributed by atoms with Crippen molar-refractivity contribution in [1.82, 2.24) is 0 Å². The molecule has 0 aliphatic rings. The molecule has 1 aromatic carbocycles. The quantitative estimate of drug-likeness (QED) is 0.357. The van der Waals surface area contributed by atoms with Crippen LogP contribution in [0.1, 0.15) is 89.5 Å². The maximum absolute atomic E-state index is 12.1. The van der Waals surface area contributed by atoms with Crippen molar-refractivity contribution in [1.29, 1.82) is 0 Å². The van der Waals surface area contributed by atoms with E-state index in [0.29, 0.717) is 13.0 Å². The highest BCUT2D eigenvalue weighted by atomic mass is 16.5. The van der Waals surface area contributed by atoms with E-state index in [1.165, 1.54) is 25.7 Å². The smallest absolute Gasteiger partial charge is 0.306 e. The Morgan fingerprint density at radius 3 is 2.25 bits per heavy atom. The van der Waals surface area contributed by atoms with E-state index in [1.807, 2.05) is 12.1 Å². The first-order chi connectivity index (χ1) is 11.7. The number of hydrogen-bond acceptors (Lipinski definition) is 3. The summed E-state index contributed by atoms with van der Waals surface area (Å²) in [7, 11) is 0. The normalized spacial score (nSPS) is 12.1. The van der Waals surface area contributed by atoms with E-state index >= 15 is 0 Å². The van der Waals surface area contributed by atoms with Crippen LogP contribution in [0.3, 0.4) is 0 Å². The monoisotopic (exact) mass is 334 g/mol. The number of ether oxygens (including phenoxy) is 1. The van der Waals surface area contributed by atoms with Crippen LogP contribution in [0, 0.1) is 0 Å². The Hall–Kier alpha value is -1.51. The van der Waals surface area contributed by atoms with E-state index in [-0.39, 0.29) is 17.6 Å². The Morgan fingerprint density at radius 2 is 1.58 bits per heavy atom. The molecule has 1 N–H and O–H groups in total. The molecule has 0 aliphatic carbocycles. The standard InChI is InChI=1S/C21H34O3/c1-3-5-7-8-9-10-16-24-21(23)17-19(11-6-4-2)18-12-14-20(22)15-13-18/h12-15,19,22H,3-11,16-17H2,1-2H3. The van der Waals surface area contributed by atoms with Crippen LogP contribution in [0.4, 0.5) is 0 Å². The second kappa shape index (κ2) is 12.9. The molecule has 0 amide bonds. The third kappa shape index (κ3) is 8.95. The average Bonchev–Trinajstić information content (AvgIpc) is 2.58. The lowest BCUT2D eigenvalue weighted by atomic mass is 9.90. The number of esters is 1. The van der Waals surface area contributed by atoms with Gasteiger partial charge in [-0.2, -0.15) is 0 Å². The maximum atomic E-state index is 12.1. The van der Waals surface area contributed by atoms with Crippen molar-refractivity contribution in [2.24, 2.45) is 0 Å². The van der Waals surface area contributed by atoms with E-state index in [2.05, 4.69) is 13.8 Å². The van der Waals surface area contributed by atoms with E-state index in [9.17, 15) is 9.90 Å². The molecular formula is C21H34O3. The molecule has 0 aromatic heterocycles. The largest absolute Gasteiger partial charge is 0.508 e. The van der Waals surface area contributed by atoms with E-state index in [0.717, 1.165) is 37.7 Å². The Labute approximate surface area is 147 Å². The number of hydrogen-bond donors (Lipinski definition) is 1. The zero-order valence-corrected chi connectivity index (χ0v) is 15.4. The van der Waals surface area contributed by atoms with E-state index in [4.69, 9.17) is 4.74 Å². The Kier molecular flexibility index (Phi) is 11.0. The van der Waals surface area contributed by atoms with Crippen LogP contribution in [0.25, 0.3) is 0 Å². The van der Waals surface area contributed by atoms with Crippen molar-refractivity contribution >= 4 is 5.97 Å². The van der Waals surface area contributed by atoms with Gasteiger partial charge in [-0.05, 0) is 36.5 Å². The minimum atomic E-state index is -0.0993. The number of phenolic OH excluding ortho intramolecular Hbond substituents is 1. The van der Waals surface area contributed by atoms with Gasteiger partial charge in [-0.1, -0.05) is 70.9 Å². The zero-order chi connectivity index (χ0) is 17.6. The van der Waals surface area contributed by atoms with Crippen LogP contribution in [-0.2, 0) is 9.53 Å². The molecule has 1 rings (SSSR count). The fourth-order valence-electron chi connectivity index (χ4n) is 2.91. The summed E-state index contributed by atoms with van der Waals surface area (Å²) >= 11 is 0. The zero-order valence-electron chi connectivity index (χ0n) is 15.4. The third-order valence-corrected chi connectivity index (χ3v) is 4.44. The van der Waals surface area contributed by atoms with Gasteiger partial charge in [-0.15, -0.1) is 0 Å². The van der Waals surface area contributed by atoms with Crippen molar-refractivity contribution in [2.45, 2.75) is 84.0 Å². The lowest BCUT2D eigenvalue weighted by Gasteiger charge is -2.16. The first-order valence-corrected chi connectivity index (χ1v) is 9.61. The second-order valence-electron chi connectivity index (χ2n) is 6.62. The number of carbonyl (C=O) groups is 1. The van der Waals surface area contributed by atoms with Gasteiger partial charge in [0.2, 0.25) is 0 Å². The van der Waals surface area contributed by atoms with Gasteiger partial charge >= 0.3 is 5.97 Å². The van der Waals surface area contributed by atoms with Crippen molar-refractivity contribution < 1.29 is 14.6 Å².